The average molecular weight is 488 g/mol. The summed E-state index contributed by atoms with van der Waals surface area (Å²) in [6.45, 7) is 21.2. The van der Waals surface area contributed by atoms with E-state index in [9.17, 15) is 15.0 Å². The van der Waals surface area contributed by atoms with Gasteiger partial charge in [0.25, 0.3) is 0 Å². The summed E-state index contributed by atoms with van der Waals surface area (Å²) in [6, 6.07) is 1.39. The highest BCUT2D eigenvalue weighted by Gasteiger charge is 2.76. The summed E-state index contributed by atoms with van der Waals surface area (Å²) in [7, 11) is -5.45. The Hall–Kier alpha value is -1.08. The molecule has 0 amide bonds. The first-order chi connectivity index (χ1) is 14.0. The van der Waals surface area contributed by atoms with E-state index < -0.39 is 55.8 Å². The fourth-order valence-corrected chi connectivity index (χ4v) is 9.98. The van der Waals surface area contributed by atoms with Gasteiger partial charge in [-0.05, 0) is 23.1 Å². The fraction of sp³-hybridized carbons (Fsp3) is 0.818. The molecule has 1 aromatic rings. The van der Waals surface area contributed by atoms with E-state index in [1.165, 1.54) is 19.2 Å². The van der Waals surface area contributed by atoms with Crippen molar-refractivity contribution in [1.82, 2.24) is 9.55 Å². The van der Waals surface area contributed by atoms with Crippen molar-refractivity contribution in [2.75, 3.05) is 5.73 Å². The molecule has 10 heteroatoms. The molecule has 1 aromatic heterocycles. The molecule has 1 aliphatic rings. The number of nitrogens with zero attached hydrogens (tertiary/aromatic N) is 2. The van der Waals surface area contributed by atoms with Crippen LogP contribution in [0.5, 0.6) is 0 Å². The smallest absolute Gasteiger partial charge is 0.351 e. The van der Waals surface area contributed by atoms with Gasteiger partial charge in [0.15, 0.2) is 11.9 Å². The average Bonchev–Trinajstić information content (AvgIpc) is 2.80. The zero-order chi connectivity index (χ0) is 25.3. The highest BCUT2D eigenvalue weighted by Crippen LogP contribution is 2.59. The van der Waals surface area contributed by atoms with Crippen molar-refractivity contribution in [3.63, 3.8) is 0 Å². The Morgan fingerprint density at radius 3 is 2.09 bits per heavy atom. The van der Waals surface area contributed by atoms with Crippen molar-refractivity contribution < 1.29 is 19.3 Å². The van der Waals surface area contributed by atoms with E-state index >= 15 is 4.39 Å². The number of alkyl halides is 1. The van der Waals surface area contributed by atoms with Crippen molar-refractivity contribution in [2.45, 2.75) is 114 Å². The zero-order valence-electron chi connectivity index (χ0n) is 21.4. The van der Waals surface area contributed by atoms with Crippen molar-refractivity contribution in [3.05, 3.63) is 22.7 Å². The number of hydrogen-bond donors (Lipinski definition) is 3. The molecule has 1 aliphatic heterocycles. The van der Waals surface area contributed by atoms with Gasteiger partial charge in [-0.1, -0.05) is 67.7 Å². The van der Waals surface area contributed by atoms with Crippen LogP contribution in [0.3, 0.4) is 0 Å². The van der Waals surface area contributed by atoms with Gasteiger partial charge in [0.1, 0.15) is 17.1 Å². The Bertz CT molecular complexity index is 921. The maximum absolute atomic E-state index is 17.0. The van der Waals surface area contributed by atoms with Crippen LogP contribution in [0.25, 0.3) is 0 Å². The van der Waals surface area contributed by atoms with Gasteiger partial charge in [-0.15, -0.1) is 0 Å². The lowest BCUT2D eigenvalue weighted by atomic mass is 9.97. The van der Waals surface area contributed by atoms with Gasteiger partial charge in [-0.25, -0.2) is 9.18 Å². The Kier molecular flexibility index (Phi) is 6.56. The van der Waals surface area contributed by atoms with Crippen LogP contribution < -0.4 is 11.4 Å². The second kappa shape index (κ2) is 7.73. The molecule has 0 aliphatic carbocycles. The number of ether oxygens (including phenoxy) is 1. The van der Waals surface area contributed by atoms with Crippen LogP contribution >= 0.6 is 0 Å². The molecule has 7 nitrogen and oxygen atoms in total. The van der Waals surface area contributed by atoms with E-state index in [2.05, 4.69) is 4.98 Å². The summed E-state index contributed by atoms with van der Waals surface area (Å²) in [4.78, 5) is 16.3. The highest BCUT2D eigenvalue weighted by atomic mass is 28.3. The third kappa shape index (κ3) is 3.71. The molecule has 0 spiro atoms. The van der Waals surface area contributed by atoms with E-state index in [0.717, 1.165) is 4.57 Å². The minimum atomic E-state index is -2.94. The fourth-order valence-electron chi connectivity index (χ4n) is 4.43. The van der Waals surface area contributed by atoms with Crippen LogP contribution in [0.1, 0.15) is 54.7 Å². The number of rotatable bonds is 4. The standard InChI is InChI=1S/C22H42FN3O4Si2/c1-19(2,3)31(8,9)16(27)15-22(29,32(10,11)20(4,5)6)21(7,23)17(30-15)26-13-12-14(24)25-18(26)28/h12-13,15-17,27,29H,1-11H3,(H2,24,25,28)/t15-,16?,17-,21+,22+/m1/s1. The lowest BCUT2D eigenvalue weighted by Gasteiger charge is -2.55. The van der Waals surface area contributed by atoms with Gasteiger partial charge in [0, 0.05) is 6.20 Å². The summed E-state index contributed by atoms with van der Waals surface area (Å²) >= 11 is 0. The van der Waals surface area contributed by atoms with Gasteiger partial charge in [-0.2, -0.15) is 4.98 Å². The largest absolute Gasteiger partial charge is 0.394 e. The maximum atomic E-state index is 17.0. The van der Waals surface area contributed by atoms with E-state index in [0.29, 0.717) is 0 Å². The number of nitrogen functional groups attached to an aromatic ring is 1. The van der Waals surface area contributed by atoms with Crippen LogP contribution in [-0.2, 0) is 4.74 Å². The van der Waals surface area contributed by atoms with E-state index in [1.54, 1.807) is 0 Å². The number of aliphatic hydroxyl groups is 2. The minimum Gasteiger partial charge on any atom is -0.394 e. The van der Waals surface area contributed by atoms with Crippen LogP contribution in [0.2, 0.25) is 36.3 Å². The minimum absolute atomic E-state index is 0.0160. The Morgan fingerprint density at radius 2 is 1.69 bits per heavy atom. The molecule has 1 saturated heterocycles. The van der Waals surface area contributed by atoms with Crippen LogP contribution in [0, 0.1) is 0 Å². The van der Waals surface area contributed by atoms with Gasteiger partial charge in [0.2, 0.25) is 0 Å². The van der Waals surface area contributed by atoms with Gasteiger partial charge in [-0.3, -0.25) is 4.57 Å². The van der Waals surface area contributed by atoms with E-state index in [-0.39, 0.29) is 10.9 Å². The van der Waals surface area contributed by atoms with Gasteiger partial charge >= 0.3 is 5.69 Å². The number of nitrogens with two attached hydrogens (primary N) is 1. The second-order valence-corrected chi connectivity index (χ2v) is 23.6. The summed E-state index contributed by atoms with van der Waals surface area (Å²) in [6.07, 6.45) is -1.32. The lowest BCUT2D eigenvalue weighted by molar-refractivity contribution is -0.0764. The predicted octanol–water partition coefficient (Wildman–Crippen LogP) is 3.64. The van der Waals surface area contributed by atoms with Crippen LogP contribution in [-0.4, -0.2) is 58.6 Å². The normalized spacial score (nSPS) is 31.1. The summed E-state index contributed by atoms with van der Waals surface area (Å²) < 4.78 is 24.2. The molecular weight excluding hydrogens is 445 g/mol. The monoisotopic (exact) mass is 487 g/mol. The summed E-state index contributed by atoms with van der Waals surface area (Å²) in [5.74, 6) is 0.0160. The molecule has 2 rings (SSSR count). The Balaban J connectivity index is 2.82. The number of hydrogen-bond acceptors (Lipinski definition) is 6. The Morgan fingerprint density at radius 1 is 1.19 bits per heavy atom. The molecular formula is C22H42FN3O4Si2. The number of anilines is 1. The van der Waals surface area contributed by atoms with Crippen molar-refractivity contribution >= 4 is 22.0 Å². The molecule has 4 N–H and O–H groups in total. The summed E-state index contributed by atoms with van der Waals surface area (Å²) in [5.41, 5.74) is 1.41. The lowest BCUT2D eigenvalue weighted by Crippen LogP contribution is -2.75. The van der Waals surface area contributed by atoms with E-state index in [1.807, 2.05) is 67.7 Å². The zero-order valence-corrected chi connectivity index (χ0v) is 23.4. The SMILES string of the molecule is CC(C)(C)[Si](C)(C)C(O)[C@H]1O[C@@H](n2ccc(N)nc2=O)[C@](C)(F)[C@@]1(O)[Si](C)(C)C(C)(C)C. The quantitative estimate of drug-likeness (QED) is 0.559. The maximum Gasteiger partial charge on any atom is 0.351 e. The van der Waals surface area contributed by atoms with Gasteiger partial charge < -0.3 is 20.7 Å². The molecule has 0 aromatic carbocycles. The van der Waals surface area contributed by atoms with Crippen molar-refractivity contribution in [1.29, 1.82) is 0 Å². The van der Waals surface area contributed by atoms with Crippen LogP contribution in [0.15, 0.2) is 17.1 Å². The molecule has 1 unspecified atom stereocenters. The Labute approximate surface area is 193 Å². The topological polar surface area (TPSA) is 111 Å². The molecule has 0 bridgehead atoms. The third-order valence-electron chi connectivity index (χ3n) is 8.79. The molecule has 0 radical (unpaired) electrons. The molecule has 2 heterocycles. The third-order valence-corrected chi connectivity index (χ3v) is 20.9. The molecule has 1 fully saturated rings. The number of halogens is 1. The molecule has 5 atom stereocenters. The van der Waals surface area contributed by atoms with Crippen molar-refractivity contribution in [3.8, 4) is 0 Å². The van der Waals surface area contributed by atoms with Crippen LogP contribution in [0.4, 0.5) is 10.2 Å². The van der Waals surface area contributed by atoms with Gasteiger partial charge in [0.05, 0.1) is 21.9 Å². The predicted molar refractivity (Wildman–Crippen MR) is 132 cm³/mol. The highest BCUT2D eigenvalue weighted by molar-refractivity contribution is 6.84. The molecule has 32 heavy (non-hydrogen) atoms. The number of aliphatic hydroxyl groups excluding tert-OH is 1. The molecule has 184 valence electrons. The first-order valence-corrected chi connectivity index (χ1v) is 17.2. The number of aromatic nitrogens is 2. The first kappa shape index (κ1) is 27.2. The first-order valence-electron chi connectivity index (χ1n) is 11.1. The molecule has 0 saturated carbocycles. The van der Waals surface area contributed by atoms with Crippen molar-refractivity contribution in [2.24, 2.45) is 0 Å². The van der Waals surface area contributed by atoms with E-state index in [4.69, 9.17) is 10.5 Å². The summed E-state index contributed by atoms with van der Waals surface area (Å²) in [5, 5.41) is 21.4. The second-order valence-electron chi connectivity index (χ2n) is 12.6.